The van der Waals surface area contributed by atoms with E-state index in [2.05, 4.69) is 58.3 Å². The fourth-order valence-electron chi connectivity index (χ4n) is 1.83. The number of aromatic nitrogens is 2. The molecule has 0 radical (unpaired) electrons. The minimum Gasteiger partial charge on any atom is -0.298 e. The predicted octanol–water partition coefficient (Wildman–Crippen LogP) is 3.07. The molecule has 0 unspecified atom stereocenters. The number of hydrogen-bond donors (Lipinski definition) is 0. The fourth-order valence-corrected chi connectivity index (χ4v) is 2.52. The summed E-state index contributed by atoms with van der Waals surface area (Å²) in [5.74, 6) is 0. The van der Waals surface area contributed by atoms with Crippen LogP contribution in [-0.2, 0) is 19.5 Å². The minimum atomic E-state index is 0.940. The van der Waals surface area contributed by atoms with Gasteiger partial charge >= 0.3 is 0 Å². The van der Waals surface area contributed by atoms with Crippen LogP contribution in [-0.4, -0.2) is 27.8 Å². The van der Waals surface area contributed by atoms with Crippen molar-refractivity contribution in [3.8, 4) is 0 Å². The van der Waals surface area contributed by atoms with Gasteiger partial charge in [0, 0.05) is 13.1 Å². The van der Waals surface area contributed by atoms with Crippen LogP contribution in [0.5, 0.6) is 0 Å². The highest BCUT2D eigenvalue weighted by molar-refractivity contribution is 9.10. The van der Waals surface area contributed by atoms with Crippen molar-refractivity contribution in [2.75, 3.05) is 13.1 Å². The van der Waals surface area contributed by atoms with Gasteiger partial charge in [-0.2, -0.15) is 5.10 Å². The molecule has 0 saturated carbocycles. The number of rotatable bonds is 6. The first-order valence-corrected chi connectivity index (χ1v) is 6.93. The predicted molar refractivity (Wildman–Crippen MR) is 71.6 cm³/mol. The smallest absolute Gasteiger partial charge is 0.0767 e. The minimum absolute atomic E-state index is 0.940. The molecule has 0 N–H and O–H groups in total. The molecule has 16 heavy (non-hydrogen) atoms. The summed E-state index contributed by atoms with van der Waals surface area (Å²) in [6.45, 7) is 12.8. The first-order chi connectivity index (χ1) is 7.67. The Morgan fingerprint density at radius 2 is 1.81 bits per heavy atom. The quantitative estimate of drug-likeness (QED) is 0.802. The average Bonchev–Trinajstić information content (AvgIpc) is 2.62. The Labute approximate surface area is 107 Å². The van der Waals surface area contributed by atoms with E-state index in [9.17, 15) is 0 Å². The molecule has 4 heteroatoms. The van der Waals surface area contributed by atoms with E-state index in [0.717, 1.165) is 32.6 Å². The maximum Gasteiger partial charge on any atom is 0.0767 e. The van der Waals surface area contributed by atoms with Gasteiger partial charge in [0.2, 0.25) is 0 Å². The van der Waals surface area contributed by atoms with Gasteiger partial charge in [0.25, 0.3) is 0 Å². The van der Waals surface area contributed by atoms with Crippen LogP contribution in [0.25, 0.3) is 0 Å². The Morgan fingerprint density at radius 3 is 2.25 bits per heavy atom. The SMILES string of the molecule is CCc1nn(CC)c(CN(CC)CC)c1Br. The van der Waals surface area contributed by atoms with Crippen LogP contribution in [0.3, 0.4) is 0 Å². The number of aryl methyl sites for hydroxylation is 2. The first kappa shape index (κ1) is 13.7. The monoisotopic (exact) mass is 287 g/mol. The molecule has 0 atom stereocenters. The molecule has 0 aromatic carbocycles. The molecule has 0 fully saturated rings. The summed E-state index contributed by atoms with van der Waals surface area (Å²) in [5, 5.41) is 4.61. The summed E-state index contributed by atoms with van der Waals surface area (Å²) in [4.78, 5) is 2.41. The second kappa shape index (κ2) is 6.40. The van der Waals surface area contributed by atoms with Crippen molar-refractivity contribution >= 4 is 15.9 Å². The summed E-state index contributed by atoms with van der Waals surface area (Å²) < 4.78 is 3.31. The van der Waals surface area contributed by atoms with E-state index >= 15 is 0 Å². The third-order valence-corrected chi connectivity index (χ3v) is 3.88. The first-order valence-electron chi connectivity index (χ1n) is 6.14. The summed E-state index contributed by atoms with van der Waals surface area (Å²) in [6, 6.07) is 0. The second-order valence-electron chi connectivity index (χ2n) is 3.84. The zero-order valence-corrected chi connectivity index (χ0v) is 12.3. The van der Waals surface area contributed by atoms with Gasteiger partial charge in [-0.25, -0.2) is 0 Å². The van der Waals surface area contributed by atoms with Gasteiger partial charge in [-0.3, -0.25) is 9.58 Å². The molecule has 0 amide bonds. The summed E-state index contributed by atoms with van der Waals surface area (Å²) in [5.41, 5.74) is 2.48. The Morgan fingerprint density at radius 1 is 1.19 bits per heavy atom. The van der Waals surface area contributed by atoms with Gasteiger partial charge in [-0.1, -0.05) is 20.8 Å². The van der Waals surface area contributed by atoms with E-state index in [-0.39, 0.29) is 0 Å². The second-order valence-corrected chi connectivity index (χ2v) is 4.63. The molecule has 1 rings (SSSR count). The van der Waals surface area contributed by atoms with Crippen molar-refractivity contribution in [3.63, 3.8) is 0 Å². The molecule has 0 aliphatic carbocycles. The summed E-state index contributed by atoms with van der Waals surface area (Å²) >= 11 is 3.68. The maximum atomic E-state index is 4.61. The Bertz CT molecular complexity index is 329. The fraction of sp³-hybridized carbons (Fsp3) is 0.750. The molecule has 0 saturated heterocycles. The van der Waals surface area contributed by atoms with Gasteiger partial charge in [-0.05, 0) is 42.4 Å². The van der Waals surface area contributed by atoms with Crippen LogP contribution >= 0.6 is 15.9 Å². The van der Waals surface area contributed by atoms with Crippen LogP contribution in [0, 0.1) is 0 Å². The molecule has 0 spiro atoms. The molecule has 92 valence electrons. The highest BCUT2D eigenvalue weighted by atomic mass is 79.9. The van der Waals surface area contributed by atoms with Crippen molar-refractivity contribution in [1.29, 1.82) is 0 Å². The van der Waals surface area contributed by atoms with Gasteiger partial charge in [-0.15, -0.1) is 0 Å². The molecule has 0 bridgehead atoms. The molecule has 1 aromatic rings. The highest BCUT2D eigenvalue weighted by Crippen LogP contribution is 2.23. The van der Waals surface area contributed by atoms with Gasteiger partial charge in [0.05, 0.1) is 15.9 Å². The van der Waals surface area contributed by atoms with Crippen molar-refractivity contribution < 1.29 is 0 Å². The highest BCUT2D eigenvalue weighted by Gasteiger charge is 2.15. The van der Waals surface area contributed by atoms with Crippen LogP contribution in [0.1, 0.15) is 39.1 Å². The normalized spacial score (nSPS) is 11.4. The largest absolute Gasteiger partial charge is 0.298 e. The third-order valence-electron chi connectivity index (χ3n) is 2.96. The molecule has 0 aliphatic heterocycles. The van der Waals surface area contributed by atoms with Gasteiger partial charge < -0.3 is 0 Å². The van der Waals surface area contributed by atoms with Crippen LogP contribution in [0.2, 0.25) is 0 Å². The lowest BCUT2D eigenvalue weighted by Crippen LogP contribution is -2.24. The molecular weight excluding hydrogens is 266 g/mol. The van der Waals surface area contributed by atoms with Crippen molar-refractivity contribution in [3.05, 3.63) is 15.9 Å². The summed E-state index contributed by atoms with van der Waals surface area (Å²) in [6.07, 6.45) is 0.985. The van der Waals surface area contributed by atoms with Crippen molar-refractivity contribution in [2.24, 2.45) is 0 Å². The standard InChI is InChI=1S/C12H22BrN3/c1-5-10-12(13)11(16(8-4)14-10)9-15(6-2)7-3/h5-9H2,1-4H3. The summed E-state index contributed by atoms with van der Waals surface area (Å²) in [7, 11) is 0. The van der Waals surface area contributed by atoms with Crippen LogP contribution < -0.4 is 0 Å². The van der Waals surface area contributed by atoms with E-state index in [4.69, 9.17) is 0 Å². The Kier molecular flexibility index (Phi) is 5.49. The number of nitrogens with zero attached hydrogens (tertiary/aromatic N) is 3. The van der Waals surface area contributed by atoms with Crippen molar-refractivity contribution in [1.82, 2.24) is 14.7 Å². The Balaban J connectivity index is 2.96. The Hall–Kier alpha value is -0.350. The lowest BCUT2D eigenvalue weighted by Gasteiger charge is -2.18. The lowest BCUT2D eigenvalue weighted by atomic mass is 10.3. The topological polar surface area (TPSA) is 21.1 Å². The molecule has 1 heterocycles. The molecule has 1 aromatic heterocycles. The van der Waals surface area contributed by atoms with Crippen molar-refractivity contribution in [2.45, 2.75) is 47.2 Å². The zero-order valence-electron chi connectivity index (χ0n) is 10.8. The number of hydrogen-bond acceptors (Lipinski definition) is 2. The van der Waals surface area contributed by atoms with E-state index in [1.165, 1.54) is 15.9 Å². The van der Waals surface area contributed by atoms with E-state index < -0.39 is 0 Å². The zero-order chi connectivity index (χ0) is 12.1. The van der Waals surface area contributed by atoms with E-state index in [0.29, 0.717) is 0 Å². The van der Waals surface area contributed by atoms with Gasteiger partial charge in [0.15, 0.2) is 0 Å². The third kappa shape index (κ3) is 2.86. The molecular formula is C12H22BrN3. The van der Waals surface area contributed by atoms with E-state index in [1.54, 1.807) is 0 Å². The average molecular weight is 288 g/mol. The van der Waals surface area contributed by atoms with Crippen LogP contribution in [0.15, 0.2) is 4.47 Å². The van der Waals surface area contributed by atoms with Crippen LogP contribution in [0.4, 0.5) is 0 Å². The van der Waals surface area contributed by atoms with E-state index in [1.807, 2.05) is 0 Å². The molecule has 3 nitrogen and oxygen atoms in total. The maximum absolute atomic E-state index is 4.61. The molecule has 0 aliphatic rings. The number of halogens is 1. The lowest BCUT2D eigenvalue weighted by molar-refractivity contribution is 0.285. The van der Waals surface area contributed by atoms with Gasteiger partial charge in [0.1, 0.15) is 0 Å².